The Morgan fingerprint density at radius 1 is 1.06 bits per heavy atom. The minimum absolute atomic E-state index is 0.118. The van der Waals surface area contributed by atoms with Crippen LogP contribution in [-0.4, -0.2) is 22.5 Å². The summed E-state index contributed by atoms with van der Waals surface area (Å²) in [6, 6.07) is 18.3. The molecule has 2 atom stereocenters. The van der Waals surface area contributed by atoms with Gasteiger partial charge in [0.05, 0.1) is 6.61 Å². The van der Waals surface area contributed by atoms with E-state index in [1.165, 1.54) is 24.0 Å². The van der Waals surface area contributed by atoms with E-state index in [1.54, 1.807) is 12.1 Å². The number of hydrogen-bond acceptors (Lipinski definition) is 7. The molecule has 1 aromatic heterocycles. The van der Waals surface area contributed by atoms with Gasteiger partial charge in [0.25, 0.3) is 0 Å². The third-order valence-electron chi connectivity index (χ3n) is 5.19. The Balaban J connectivity index is 1.36. The molecule has 1 N–H and O–H groups in total. The Hall–Kier alpha value is -3.68. The lowest BCUT2D eigenvalue weighted by Crippen LogP contribution is -2.30. The molecule has 1 aliphatic heterocycles. The first-order valence-corrected chi connectivity index (χ1v) is 10.1. The van der Waals surface area contributed by atoms with Crippen LogP contribution in [0.25, 0.3) is 0 Å². The molecule has 2 aromatic carbocycles. The highest BCUT2D eigenvalue weighted by Crippen LogP contribution is 2.32. The molecule has 4 rings (SSSR count). The molecule has 7 nitrogen and oxygen atoms in total. The molecule has 158 valence electrons. The van der Waals surface area contributed by atoms with Gasteiger partial charge in [0.1, 0.15) is 18.0 Å². The van der Waals surface area contributed by atoms with Crippen molar-refractivity contribution in [1.29, 1.82) is 0 Å². The Labute approximate surface area is 180 Å². The summed E-state index contributed by atoms with van der Waals surface area (Å²) in [5.41, 5.74) is 1.92. The van der Waals surface area contributed by atoms with Crippen molar-refractivity contribution in [2.45, 2.75) is 31.8 Å². The molecule has 0 saturated carbocycles. The number of benzene rings is 2. The maximum atomic E-state index is 13.3. The van der Waals surface area contributed by atoms with Gasteiger partial charge in [0, 0.05) is 24.2 Å². The number of hydrogen-bond donors (Lipinski definition) is 1. The summed E-state index contributed by atoms with van der Waals surface area (Å²) in [5.74, 6) is 0.821. The molecule has 3 aromatic rings. The van der Waals surface area contributed by atoms with Gasteiger partial charge in [-0.05, 0) is 42.3 Å². The zero-order chi connectivity index (χ0) is 21.7. The lowest BCUT2D eigenvalue weighted by atomic mass is 9.93. The van der Waals surface area contributed by atoms with Crippen LogP contribution in [0, 0.1) is 5.82 Å². The second-order valence-corrected chi connectivity index (χ2v) is 7.44. The van der Waals surface area contributed by atoms with Gasteiger partial charge in [0.2, 0.25) is 5.90 Å². The topological polar surface area (TPSA) is 84.1 Å². The average Bonchev–Trinajstić information content (AvgIpc) is 3.16. The molecule has 2 heterocycles. The molecule has 0 aliphatic carbocycles. The van der Waals surface area contributed by atoms with Gasteiger partial charge in [-0.3, -0.25) is 0 Å². The second kappa shape index (κ2) is 8.99. The van der Waals surface area contributed by atoms with E-state index < -0.39 is 5.54 Å². The standard InChI is InChI=1S/C23H23FN6O/c1-16(17-6-4-3-5-7-17)27-21-14-20(25-15-26-21)12-13-31-22-23(2,29-30-28-22)18-8-10-19(24)11-9-18/h3-11,14-16H,12-13H2,1-2H3,(H,25,26,27)/t16?,23-/m0/s1. The quantitative estimate of drug-likeness (QED) is 0.582. The maximum absolute atomic E-state index is 13.3. The maximum Gasteiger partial charge on any atom is 0.245 e. The van der Waals surface area contributed by atoms with Crippen molar-refractivity contribution in [2.24, 2.45) is 15.4 Å². The van der Waals surface area contributed by atoms with Crippen molar-refractivity contribution < 1.29 is 9.13 Å². The minimum Gasteiger partial charge on any atom is -0.477 e. The van der Waals surface area contributed by atoms with E-state index >= 15 is 0 Å². The van der Waals surface area contributed by atoms with Crippen LogP contribution < -0.4 is 5.32 Å². The molecule has 0 amide bonds. The monoisotopic (exact) mass is 418 g/mol. The number of halogens is 1. The molecule has 0 fully saturated rings. The van der Waals surface area contributed by atoms with Gasteiger partial charge in [-0.15, -0.1) is 5.11 Å². The molecule has 1 aliphatic rings. The Morgan fingerprint density at radius 3 is 2.61 bits per heavy atom. The Morgan fingerprint density at radius 2 is 1.84 bits per heavy atom. The fourth-order valence-electron chi connectivity index (χ4n) is 3.33. The molecule has 0 saturated heterocycles. The summed E-state index contributed by atoms with van der Waals surface area (Å²) >= 11 is 0. The van der Waals surface area contributed by atoms with Crippen LogP contribution in [0.15, 0.2) is 82.4 Å². The van der Waals surface area contributed by atoms with Crippen LogP contribution in [0.1, 0.15) is 36.7 Å². The fourth-order valence-corrected chi connectivity index (χ4v) is 3.33. The van der Waals surface area contributed by atoms with Gasteiger partial charge in [0.15, 0.2) is 5.54 Å². The van der Waals surface area contributed by atoms with Gasteiger partial charge in [-0.2, -0.15) is 0 Å². The van der Waals surface area contributed by atoms with Crippen molar-refractivity contribution in [3.63, 3.8) is 0 Å². The molecule has 1 unspecified atom stereocenters. The summed E-state index contributed by atoms with van der Waals surface area (Å²) in [6.45, 7) is 4.28. The van der Waals surface area contributed by atoms with Gasteiger partial charge in [-0.1, -0.05) is 47.6 Å². The van der Waals surface area contributed by atoms with Crippen LogP contribution in [-0.2, 0) is 16.7 Å². The average molecular weight is 418 g/mol. The lowest BCUT2D eigenvalue weighted by Gasteiger charge is -2.21. The molecule has 31 heavy (non-hydrogen) atoms. The SMILES string of the molecule is CC(Nc1cc(CCOC2=NN=N[C@@]2(C)c2ccc(F)cc2)ncn1)c1ccccc1. The van der Waals surface area contributed by atoms with Crippen LogP contribution in [0.5, 0.6) is 0 Å². The highest BCUT2D eigenvalue weighted by atomic mass is 19.1. The predicted molar refractivity (Wildman–Crippen MR) is 116 cm³/mol. The molecule has 0 spiro atoms. The second-order valence-electron chi connectivity index (χ2n) is 7.44. The summed E-state index contributed by atoms with van der Waals surface area (Å²) < 4.78 is 19.1. The van der Waals surface area contributed by atoms with Crippen LogP contribution >= 0.6 is 0 Å². The van der Waals surface area contributed by atoms with E-state index in [2.05, 4.69) is 49.8 Å². The van der Waals surface area contributed by atoms with Crippen molar-refractivity contribution >= 4 is 11.7 Å². The van der Waals surface area contributed by atoms with Crippen LogP contribution in [0.3, 0.4) is 0 Å². The third kappa shape index (κ3) is 4.74. The van der Waals surface area contributed by atoms with Gasteiger partial charge in [-0.25, -0.2) is 14.4 Å². The zero-order valence-corrected chi connectivity index (χ0v) is 17.4. The van der Waals surface area contributed by atoms with E-state index in [0.29, 0.717) is 18.9 Å². The number of aromatic nitrogens is 2. The molecular formula is C23H23FN6O. The summed E-state index contributed by atoms with van der Waals surface area (Å²) in [4.78, 5) is 8.64. The van der Waals surface area contributed by atoms with Crippen molar-refractivity contribution in [3.05, 3.63) is 89.6 Å². The first-order valence-electron chi connectivity index (χ1n) is 10.1. The minimum atomic E-state index is -0.864. The molecular weight excluding hydrogens is 395 g/mol. The lowest BCUT2D eigenvalue weighted by molar-refractivity contribution is 0.281. The first-order chi connectivity index (χ1) is 15.0. The summed E-state index contributed by atoms with van der Waals surface area (Å²) in [7, 11) is 0. The van der Waals surface area contributed by atoms with Crippen LogP contribution in [0.2, 0.25) is 0 Å². The predicted octanol–water partition coefficient (Wildman–Crippen LogP) is 5.04. The number of rotatable bonds is 7. The van der Waals surface area contributed by atoms with Crippen molar-refractivity contribution in [2.75, 3.05) is 11.9 Å². The highest BCUT2D eigenvalue weighted by molar-refractivity contribution is 5.88. The number of ether oxygens (including phenoxy) is 1. The van der Waals surface area contributed by atoms with E-state index in [-0.39, 0.29) is 11.9 Å². The first kappa shape index (κ1) is 20.6. The normalized spacial score (nSPS) is 18.5. The number of nitrogens with zero attached hydrogens (tertiary/aromatic N) is 5. The van der Waals surface area contributed by atoms with Crippen LogP contribution in [0.4, 0.5) is 10.2 Å². The Kier molecular flexibility index (Phi) is 5.97. The van der Waals surface area contributed by atoms with Crippen molar-refractivity contribution in [1.82, 2.24) is 9.97 Å². The van der Waals surface area contributed by atoms with E-state index in [0.717, 1.165) is 17.1 Å². The molecule has 0 bridgehead atoms. The summed E-state index contributed by atoms with van der Waals surface area (Å²) in [6.07, 6.45) is 2.10. The summed E-state index contributed by atoms with van der Waals surface area (Å²) in [5, 5.41) is 15.4. The zero-order valence-electron chi connectivity index (χ0n) is 17.4. The third-order valence-corrected chi connectivity index (χ3v) is 5.19. The Bertz CT molecular complexity index is 1090. The molecule has 0 radical (unpaired) electrons. The van der Waals surface area contributed by atoms with E-state index in [4.69, 9.17) is 4.74 Å². The largest absolute Gasteiger partial charge is 0.477 e. The number of nitrogens with one attached hydrogen (secondary N) is 1. The fraction of sp³-hybridized carbons (Fsp3) is 0.261. The molecule has 8 heteroatoms. The van der Waals surface area contributed by atoms with Gasteiger partial charge < -0.3 is 10.1 Å². The smallest absolute Gasteiger partial charge is 0.245 e. The van der Waals surface area contributed by atoms with Gasteiger partial charge >= 0.3 is 0 Å². The number of anilines is 1. The van der Waals surface area contributed by atoms with E-state index in [9.17, 15) is 4.39 Å². The van der Waals surface area contributed by atoms with Crippen molar-refractivity contribution in [3.8, 4) is 0 Å². The highest BCUT2D eigenvalue weighted by Gasteiger charge is 2.38. The van der Waals surface area contributed by atoms with E-state index in [1.807, 2.05) is 31.2 Å².